The van der Waals surface area contributed by atoms with Crippen LogP contribution >= 0.6 is 0 Å². The van der Waals surface area contributed by atoms with Crippen molar-refractivity contribution in [2.75, 3.05) is 18.0 Å². The van der Waals surface area contributed by atoms with E-state index in [1.165, 1.54) is 0 Å². The molecule has 0 bridgehead atoms. The van der Waals surface area contributed by atoms with E-state index in [-0.39, 0.29) is 5.92 Å². The van der Waals surface area contributed by atoms with E-state index in [1.807, 2.05) is 32.7 Å². The van der Waals surface area contributed by atoms with Gasteiger partial charge in [0.05, 0.1) is 23.2 Å². The molecule has 92 valence electrons. The quantitative estimate of drug-likeness (QED) is 0.725. The smallest absolute Gasteiger partial charge is 0.155 e. The van der Waals surface area contributed by atoms with Crippen LogP contribution < -0.4 is 4.90 Å². The van der Waals surface area contributed by atoms with Crippen LogP contribution in [0.4, 0.5) is 5.82 Å². The maximum Gasteiger partial charge on any atom is 0.155 e. The number of hydrogen-bond donors (Lipinski definition) is 0. The lowest BCUT2D eigenvalue weighted by Gasteiger charge is -2.24. The van der Waals surface area contributed by atoms with E-state index in [9.17, 15) is 4.79 Å². The zero-order valence-corrected chi connectivity index (χ0v) is 10.8. The summed E-state index contributed by atoms with van der Waals surface area (Å²) in [7, 11) is 1.81. The topological polar surface area (TPSA) is 61.9 Å². The molecule has 1 aromatic rings. The van der Waals surface area contributed by atoms with E-state index in [4.69, 9.17) is 5.26 Å². The van der Waals surface area contributed by atoms with Crippen LogP contribution in [0.2, 0.25) is 0 Å². The lowest BCUT2D eigenvalue weighted by Crippen LogP contribution is -2.30. The highest BCUT2D eigenvalue weighted by atomic mass is 16.1. The van der Waals surface area contributed by atoms with Crippen molar-refractivity contribution in [3.63, 3.8) is 0 Å². The van der Waals surface area contributed by atoms with Gasteiger partial charge in [0.15, 0.2) is 6.29 Å². The summed E-state index contributed by atoms with van der Waals surface area (Å²) in [6, 6.07) is 2.20. The molecular formula is C12H18N4O. The predicted molar refractivity (Wildman–Crippen MR) is 66.0 cm³/mol. The normalized spacial score (nSPS) is 11.9. The average Bonchev–Trinajstić information content (AvgIpc) is 2.60. The third-order valence-corrected chi connectivity index (χ3v) is 2.75. The Morgan fingerprint density at radius 1 is 1.65 bits per heavy atom. The third kappa shape index (κ3) is 2.64. The van der Waals surface area contributed by atoms with E-state index < -0.39 is 0 Å². The number of hydrogen-bond acceptors (Lipinski definition) is 4. The summed E-state index contributed by atoms with van der Waals surface area (Å²) >= 11 is 0. The molecule has 0 aliphatic heterocycles. The van der Waals surface area contributed by atoms with Crippen LogP contribution in [-0.2, 0) is 7.05 Å². The number of nitrogens with zero attached hydrogens (tertiary/aromatic N) is 4. The standard InChI is InChI=1S/C12H18N4O/c1-5-16(7-9(2)6-13)12-11(8-17)10(3)14-15(12)4/h8-9H,5,7H2,1-4H3. The number of aryl methyl sites for hydroxylation is 2. The van der Waals surface area contributed by atoms with Gasteiger partial charge in [0.2, 0.25) is 0 Å². The monoisotopic (exact) mass is 234 g/mol. The van der Waals surface area contributed by atoms with Crippen molar-refractivity contribution in [2.24, 2.45) is 13.0 Å². The summed E-state index contributed by atoms with van der Waals surface area (Å²) in [6.45, 7) is 7.03. The molecule has 17 heavy (non-hydrogen) atoms. The second-order valence-electron chi connectivity index (χ2n) is 4.13. The van der Waals surface area contributed by atoms with Gasteiger partial charge in [0.25, 0.3) is 0 Å². The summed E-state index contributed by atoms with van der Waals surface area (Å²) in [5.41, 5.74) is 1.33. The van der Waals surface area contributed by atoms with E-state index in [2.05, 4.69) is 11.2 Å². The molecule has 0 saturated carbocycles. The summed E-state index contributed by atoms with van der Waals surface area (Å²) in [4.78, 5) is 13.1. The van der Waals surface area contributed by atoms with Crippen molar-refractivity contribution < 1.29 is 4.79 Å². The highest BCUT2D eigenvalue weighted by Crippen LogP contribution is 2.22. The number of carbonyl (C=O) groups is 1. The number of aldehydes is 1. The van der Waals surface area contributed by atoms with Crippen LogP contribution in [-0.4, -0.2) is 29.2 Å². The van der Waals surface area contributed by atoms with Crippen molar-refractivity contribution in [2.45, 2.75) is 20.8 Å². The first-order valence-electron chi connectivity index (χ1n) is 5.68. The molecule has 0 fully saturated rings. The van der Waals surface area contributed by atoms with Crippen molar-refractivity contribution in [3.8, 4) is 6.07 Å². The first-order chi connectivity index (χ1) is 8.04. The van der Waals surface area contributed by atoms with Gasteiger partial charge in [0.1, 0.15) is 5.82 Å². The Balaban J connectivity index is 3.12. The summed E-state index contributed by atoms with van der Waals surface area (Å²) in [6.07, 6.45) is 0.831. The molecule has 1 aromatic heterocycles. The minimum absolute atomic E-state index is 0.0790. The Morgan fingerprint density at radius 2 is 2.29 bits per heavy atom. The number of anilines is 1. The minimum atomic E-state index is -0.0790. The summed E-state index contributed by atoms with van der Waals surface area (Å²) < 4.78 is 1.70. The van der Waals surface area contributed by atoms with E-state index in [0.717, 1.165) is 24.3 Å². The van der Waals surface area contributed by atoms with Gasteiger partial charge in [-0.3, -0.25) is 9.48 Å². The Labute approximate surface area is 102 Å². The van der Waals surface area contributed by atoms with Crippen molar-refractivity contribution in [3.05, 3.63) is 11.3 Å². The van der Waals surface area contributed by atoms with Gasteiger partial charge >= 0.3 is 0 Å². The zero-order chi connectivity index (χ0) is 13.0. The molecule has 1 atom stereocenters. The van der Waals surface area contributed by atoms with E-state index >= 15 is 0 Å². The summed E-state index contributed by atoms with van der Waals surface area (Å²) in [5.74, 6) is 0.715. The number of carbonyl (C=O) groups excluding carboxylic acids is 1. The van der Waals surface area contributed by atoms with Gasteiger partial charge < -0.3 is 4.90 Å². The second kappa shape index (κ2) is 5.48. The lowest BCUT2D eigenvalue weighted by molar-refractivity contribution is 0.112. The van der Waals surface area contributed by atoms with Crippen molar-refractivity contribution in [1.82, 2.24) is 9.78 Å². The van der Waals surface area contributed by atoms with E-state index in [0.29, 0.717) is 12.1 Å². The molecule has 0 aromatic carbocycles. The molecule has 5 heteroatoms. The number of nitriles is 1. The molecule has 0 aliphatic carbocycles. The van der Waals surface area contributed by atoms with E-state index in [1.54, 1.807) is 4.68 Å². The minimum Gasteiger partial charge on any atom is -0.355 e. The molecule has 5 nitrogen and oxygen atoms in total. The van der Waals surface area contributed by atoms with Crippen LogP contribution in [0.1, 0.15) is 29.9 Å². The van der Waals surface area contributed by atoms with Crippen LogP contribution in [0, 0.1) is 24.2 Å². The van der Waals surface area contributed by atoms with Crippen LogP contribution in [0.25, 0.3) is 0 Å². The largest absolute Gasteiger partial charge is 0.355 e. The molecule has 0 spiro atoms. The molecule has 1 heterocycles. The Morgan fingerprint density at radius 3 is 2.76 bits per heavy atom. The maximum atomic E-state index is 11.1. The highest BCUT2D eigenvalue weighted by Gasteiger charge is 2.19. The Kier molecular flexibility index (Phi) is 4.27. The molecule has 1 rings (SSSR count). The van der Waals surface area contributed by atoms with Crippen molar-refractivity contribution in [1.29, 1.82) is 5.26 Å². The Bertz CT molecular complexity index is 444. The van der Waals surface area contributed by atoms with Gasteiger partial charge in [-0.1, -0.05) is 0 Å². The van der Waals surface area contributed by atoms with Crippen LogP contribution in [0.3, 0.4) is 0 Å². The SMILES string of the molecule is CCN(CC(C)C#N)c1c(C=O)c(C)nn1C. The molecule has 1 unspecified atom stereocenters. The maximum absolute atomic E-state index is 11.1. The van der Waals surface area contributed by atoms with Crippen LogP contribution in [0.5, 0.6) is 0 Å². The zero-order valence-electron chi connectivity index (χ0n) is 10.8. The predicted octanol–water partition coefficient (Wildman–Crippen LogP) is 1.53. The third-order valence-electron chi connectivity index (χ3n) is 2.75. The molecule has 0 radical (unpaired) electrons. The molecule has 0 aliphatic rings. The molecular weight excluding hydrogens is 216 g/mol. The van der Waals surface area contributed by atoms with Gasteiger partial charge in [-0.15, -0.1) is 0 Å². The fourth-order valence-electron chi connectivity index (χ4n) is 1.91. The number of rotatable bonds is 5. The second-order valence-corrected chi connectivity index (χ2v) is 4.13. The molecule has 0 N–H and O–H groups in total. The highest BCUT2D eigenvalue weighted by molar-refractivity contribution is 5.84. The van der Waals surface area contributed by atoms with Gasteiger partial charge in [0, 0.05) is 20.1 Å². The summed E-state index contributed by atoms with van der Waals surface area (Å²) in [5, 5.41) is 13.1. The first-order valence-corrected chi connectivity index (χ1v) is 5.68. The van der Waals surface area contributed by atoms with Gasteiger partial charge in [-0.25, -0.2) is 0 Å². The van der Waals surface area contributed by atoms with Crippen LogP contribution in [0.15, 0.2) is 0 Å². The van der Waals surface area contributed by atoms with Gasteiger partial charge in [-0.05, 0) is 20.8 Å². The Hall–Kier alpha value is -1.83. The fourth-order valence-corrected chi connectivity index (χ4v) is 1.91. The van der Waals surface area contributed by atoms with Crippen molar-refractivity contribution >= 4 is 12.1 Å². The number of aromatic nitrogens is 2. The van der Waals surface area contributed by atoms with Gasteiger partial charge in [-0.2, -0.15) is 10.4 Å². The molecule has 0 amide bonds. The first kappa shape index (κ1) is 13.2. The molecule has 0 saturated heterocycles. The fraction of sp³-hybridized carbons (Fsp3) is 0.583. The lowest BCUT2D eigenvalue weighted by atomic mass is 10.2. The average molecular weight is 234 g/mol.